The quantitative estimate of drug-likeness (QED) is 0.875. The Hall–Kier alpha value is -1.74. The highest BCUT2D eigenvalue weighted by Gasteiger charge is 2.11. The van der Waals surface area contributed by atoms with E-state index in [2.05, 4.69) is 37.4 Å². The fourth-order valence-electron chi connectivity index (χ4n) is 2.69. The van der Waals surface area contributed by atoms with Crippen LogP contribution in [0.1, 0.15) is 42.9 Å². The minimum Gasteiger partial charge on any atom is -0.486 e. The third-order valence-corrected chi connectivity index (χ3v) is 3.85. The highest BCUT2D eigenvalue weighted by molar-refractivity contribution is 5.38. The first-order valence-electron chi connectivity index (χ1n) is 7.76. The molecule has 1 aromatic carbocycles. The molecule has 0 radical (unpaired) electrons. The normalized spacial score (nSPS) is 13.7. The van der Waals surface area contributed by atoms with Crippen molar-refractivity contribution in [2.45, 2.75) is 52.3 Å². The molecule has 21 heavy (non-hydrogen) atoms. The molecule has 0 fully saturated rings. The maximum Gasteiger partial charge on any atom is 0.146 e. The van der Waals surface area contributed by atoms with Crippen molar-refractivity contribution in [1.82, 2.24) is 5.32 Å². The molecule has 0 saturated heterocycles. The Kier molecular flexibility index (Phi) is 4.30. The van der Waals surface area contributed by atoms with Crippen LogP contribution in [0.3, 0.4) is 0 Å². The van der Waals surface area contributed by atoms with Crippen molar-refractivity contribution >= 4 is 0 Å². The smallest absolute Gasteiger partial charge is 0.146 e. The van der Waals surface area contributed by atoms with Crippen LogP contribution >= 0.6 is 0 Å². The van der Waals surface area contributed by atoms with Crippen molar-refractivity contribution in [3.63, 3.8) is 0 Å². The topological polar surface area (TPSA) is 34.4 Å². The third kappa shape index (κ3) is 3.67. The second-order valence-electron chi connectivity index (χ2n) is 5.98. The van der Waals surface area contributed by atoms with Crippen LogP contribution in [0.5, 0.6) is 5.75 Å². The standard InChI is InChI=1S/C18H23NO2/c1-13(2)19-11-17-8-9-18(21-17)12-20-16-7-6-14-4-3-5-15(14)10-16/h6-10,13,19H,3-5,11-12H2,1-2H3. The summed E-state index contributed by atoms with van der Waals surface area (Å²) in [5, 5.41) is 3.34. The molecular weight excluding hydrogens is 262 g/mol. The molecule has 0 aliphatic heterocycles. The molecule has 1 heterocycles. The summed E-state index contributed by atoms with van der Waals surface area (Å²) in [6.45, 7) is 5.50. The first-order valence-corrected chi connectivity index (χ1v) is 7.76. The molecule has 0 saturated carbocycles. The molecule has 3 nitrogen and oxygen atoms in total. The first kappa shape index (κ1) is 14.2. The summed E-state index contributed by atoms with van der Waals surface area (Å²) in [6.07, 6.45) is 3.65. The fourth-order valence-corrected chi connectivity index (χ4v) is 2.69. The molecule has 112 valence electrons. The lowest BCUT2D eigenvalue weighted by Crippen LogP contribution is -2.21. The average Bonchev–Trinajstić information content (AvgIpc) is 3.11. The summed E-state index contributed by atoms with van der Waals surface area (Å²) in [4.78, 5) is 0. The van der Waals surface area contributed by atoms with Crippen LogP contribution in [0.4, 0.5) is 0 Å². The summed E-state index contributed by atoms with van der Waals surface area (Å²) >= 11 is 0. The van der Waals surface area contributed by atoms with Crippen molar-refractivity contribution in [2.24, 2.45) is 0 Å². The Balaban J connectivity index is 1.55. The van der Waals surface area contributed by atoms with Crippen LogP contribution in [0.25, 0.3) is 0 Å². The van der Waals surface area contributed by atoms with Gasteiger partial charge in [0.05, 0.1) is 6.54 Å². The van der Waals surface area contributed by atoms with Gasteiger partial charge in [0.1, 0.15) is 23.9 Å². The van der Waals surface area contributed by atoms with Gasteiger partial charge in [-0.2, -0.15) is 0 Å². The summed E-state index contributed by atoms with van der Waals surface area (Å²) in [7, 11) is 0. The van der Waals surface area contributed by atoms with Crippen molar-refractivity contribution in [1.29, 1.82) is 0 Å². The first-order chi connectivity index (χ1) is 10.2. The molecule has 0 bridgehead atoms. The number of hydrogen-bond acceptors (Lipinski definition) is 3. The number of furan rings is 1. The summed E-state index contributed by atoms with van der Waals surface area (Å²) < 4.78 is 11.6. The van der Waals surface area contributed by atoms with Gasteiger partial charge in [0.15, 0.2) is 0 Å². The van der Waals surface area contributed by atoms with Crippen LogP contribution in [0, 0.1) is 0 Å². The van der Waals surface area contributed by atoms with Gasteiger partial charge < -0.3 is 14.5 Å². The number of aryl methyl sites for hydroxylation is 2. The molecule has 1 aliphatic rings. The molecule has 0 unspecified atom stereocenters. The third-order valence-electron chi connectivity index (χ3n) is 3.85. The molecule has 2 aromatic rings. The van der Waals surface area contributed by atoms with E-state index < -0.39 is 0 Å². The Bertz CT molecular complexity index is 601. The van der Waals surface area contributed by atoms with E-state index in [4.69, 9.17) is 9.15 Å². The minimum absolute atomic E-state index is 0.459. The molecule has 1 aromatic heterocycles. The van der Waals surface area contributed by atoms with E-state index in [0.717, 1.165) is 23.8 Å². The van der Waals surface area contributed by atoms with Gasteiger partial charge in [-0.05, 0) is 54.7 Å². The number of hydrogen-bond donors (Lipinski definition) is 1. The molecular formula is C18H23NO2. The molecule has 0 amide bonds. The average molecular weight is 285 g/mol. The van der Waals surface area contributed by atoms with E-state index in [1.54, 1.807) is 0 Å². The lowest BCUT2D eigenvalue weighted by atomic mass is 10.1. The molecule has 1 N–H and O–H groups in total. The zero-order chi connectivity index (χ0) is 14.7. The zero-order valence-electron chi connectivity index (χ0n) is 12.8. The Morgan fingerprint density at radius 1 is 1.10 bits per heavy atom. The monoisotopic (exact) mass is 285 g/mol. The van der Waals surface area contributed by atoms with Gasteiger partial charge in [-0.15, -0.1) is 0 Å². The number of benzene rings is 1. The SMILES string of the molecule is CC(C)NCc1ccc(COc2ccc3c(c2)CCC3)o1. The second kappa shape index (κ2) is 6.35. The van der Waals surface area contributed by atoms with Gasteiger partial charge in [0.2, 0.25) is 0 Å². The van der Waals surface area contributed by atoms with Gasteiger partial charge in [0.25, 0.3) is 0 Å². The predicted octanol–water partition coefficient (Wildman–Crippen LogP) is 3.85. The van der Waals surface area contributed by atoms with E-state index >= 15 is 0 Å². The predicted molar refractivity (Wildman–Crippen MR) is 83.5 cm³/mol. The lowest BCUT2D eigenvalue weighted by Gasteiger charge is -2.07. The number of nitrogens with one attached hydrogen (secondary N) is 1. The highest BCUT2D eigenvalue weighted by atomic mass is 16.5. The number of ether oxygens (including phenoxy) is 1. The van der Waals surface area contributed by atoms with Gasteiger partial charge in [-0.3, -0.25) is 0 Å². The Morgan fingerprint density at radius 2 is 1.90 bits per heavy atom. The molecule has 3 rings (SSSR count). The van der Waals surface area contributed by atoms with Crippen molar-refractivity contribution in [3.05, 3.63) is 53.0 Å². The second-order valence-corrected chi connectivity index (χ2v) is 5.98. The maximum absolute atomic E-state index is 5.84. The Morgan fingerprint density at radius 3 is 2.76 bits per heavy atom. The van der Waals surface area contributed by atoms with Gasteiger partial charge in [-0.25, -0.2) is 0 Å². The van der Waals surface area contributed by atoms with Crippen molar-refractivity contribution in [3.8, 4) is 5.75 Å². The molecule has 0 spiro atoms. The van der Waals surface area contributed by atoms with Crippen molar-refractivity contribution in [2.75, 3.05) is 0 Å². The molecule has 0 atom stereocenters. The van der Waals surface area contributed by atoms with E-state index in [1.807, 2.05) is 12.1 Å². The molecule has 1 aliphatic carbocycles. The van der Waals surface area contributed by atoms with Gasteiger partial charge in [-0.1, -0.05) is 19.9 Å². The Labute approximate surface area is 126 Å². The van der Waals surface area contributed by atoms with E-state index in [1.165, 1.54) is 30.4 Å². The molecule has 3 heteroatoms. The van der Waals surface area contributed by atoms with E-state index in [0.29, 0.717) is 12.6 Å². The minimum atomic E-state index is 0.459. The van der Waals surface area contributed by atoms with Gasteiger partial charge in [0, 0.05) is 6.04 Å². The van der Waals surface area contributed by atoms with E-state index in [9.17, 15) is 0 Å². The maximum atomic E-state index is 5.84. The summed E-state index contributed by atoms with van der Waals surface area (Å²) in [5.41, 5.74) is 2.91. The van der Waals surface area contributed by atoms with Crippen LogP contribution < -0.4 is 10.1 Å². The van der Waals surface area contributed by atoms with Crippen LogP contribution in [-0.2, 0) is 26.0 Å². The lowest BCUT2D eigenvalue weighted by molar-refractivity contribution is 0.264. The van der Waals surface area contributed by atoms with Gasteiger partial charge >= 0.3 is 0 Å². The van der Waals surface area contributed by atoms with Crippen LogP contribution in [-0.4, -0.2) is 6.04 Å². The largest absolute Gasteiger partial charge is 0.486 e. The number of fused-ring (bicyclic) bond motifs is 1. The van der Waals surface area contributed by atoms with Crippen molar-refractivity contribution < 1.29 is 9.15 Å². The fraction of sp³-hybridized carbons (Fsp3) is 0.444. The zero-order valence-corrected chi connectivity index (χ0v) is 12.8. The summed E-state index contributed by atoms with van der Waals surface area (Å²) in [6, 6.07) is 10.9. The van der Waals surface area contributed by atoms with E-state index in [-0.39, 0.29) is 0 Å². The summed E-state index contributed by atoms with van der Waals surface area (Å²) in [5.74, 6) is 2.77. The number of rotatable bonds is 6. The highest BCUT2D eigenvalue weighted by Crippen LogP contribution is 2.26. The van der Waals surface area contributed by atoms with Crippen LogP contribution in [0.15, 0.2) is 34.7 Å². The van der Waals surface area contributed by atoms with Crippen LogP contribution in [0.2, 0.25) is 0 Å².